The Hall–Kier alpha value is -2.22. The summed E-state index contributed by atoms with van der Waals surface area (Å²) < 4.78 is 27.9. The van der Waals surface area contributed by atoms with Gasteiger partial charge in [-0.3, -0.25) is 4.79 Å². The van der Waals surface area contributed by atoms with Gasteiger partial charge in [-0.05, 0) is 55.5 Å². The van der Waals surface area contributed by atoms with Crippen LogP contribution in [0, 0.1) is 5.92 Å². The summed E-state index contributed by atoms with van der Waals surface area (Å²) in [6.45, 7) is 1.97. The lowest BCUT2D eigenvalue weighted by molar-refractivity contribution is -0.120. The van der Waals surface area contributed by atoms with E-state index in [1.807, 2.05) is 42.2 Å². The second-order valence-corrected chi connectivity index (χ2v) is 9.81. The van der Waals surface area contributed by atoms with Crippen LogP contribution in [0.15, 0.2) is 53.4 Å². The Morgan fingerprint density at radius 2 is 1.90 bits per heavy atom. The molecule has 2 aromatic rings. The molecule has 0 radical (unpaired) electrons. The van der Waals surface area contributed by atoms with E-state index in [2.05, 4.69) is 0 Å². The van der Waals surface area contributed by atoms with E-state index in [9.17, 15) is 18.3 Å². The van der Waals surface area contributed by atoms with Crippen LogP contribution in [-0.4, -0.2) is 42.9 Å². The topological polar surface area (TPSA) is 77.9 Å². The molecule has 1 atom stereocenters. The van der Waals surface area contributed by atoms with Gasteiger partial charge in [0.05, 0.1) is 11.5 Å². The largest absolute Gasteiger partial charge is 0.395 e. The van der Waals surface area contributed by atoms with E-state index in [1.54, 1.807) is 18.2 Å². The number of benzene rings is 2. The van der Waals surface area contributed by atoms with Gasteiger partial charge in [0.2, 0.25) is 15.9 Å². The number of amides is 1. The van der Waals surface area contributed by atoms with Crippen molar-refractivity contribution in [3.8, 4) is 0 Å². The average molecular weight is 415 g/mol. The molecule has 1 N–H and O–H groups in total. The summed E-state index contributed by atoms with van der Waals surface area (Å²) in [6.07, 6.45) is 2.54. The number of carbonyl (C=O) groups excluding carboxylic acids is 1. The Morgan fingerprint density at radius 3 is 2.55 bits per heavy atom. The third-order valence-electron chi connectivity index (χ3n) is 5.62. The van der Waals surface area contributed by atoms with Gasteiger partial charge in [-0.1, -0.05) is 30.3 Å². The van der Waals surface area contributed by atoms with Gasteiger partial charge < -0.3 is 10.0 Å². The minimum absolute atomic E-state index is 0.0248. The first kappa shape index (κ1) is 20.1. The number of rotatable bonds is 7. The summed E-state index contributed by atoms with van der Waals surface area (Å²) in [5.41, 5.74) is 2.57. The fraction of sp³-hybridized carbons (Fsp3) is 0.409. The van der Waals surface area contributed by atoms with Gasteiger partial charge in [0.1, 0.15) is 0 Å². The fourth-order valence-corrected chi connectivity index (χ4v) is 5.43. The number of anilines is 1. The minimum Gasteiger partial charge on any atom is -0.395 e. The van der Waals surface area contributed by atoms with Crippen LogP contribution in [0.3, 0.4) is 0 Å². The predicted molar refractivity (Wildman–Crippen MR) is 111 cm³/mol. The SMILES string of the molecule is C[C@@H]1Cc2cc(S(=O)(=O)N(CCO)Cc3ccccc3)ccc2N1C(=O)C1CC1. The molecule has 2 aliphatic rings. The zero-order chi connectivity index (χ0) is 20.6. The maximum Gasteiger partial charge on any atom is 0.243 e. The molecule has 7 heteroatoms. The smallest absolute Gasteiger partial charge is 0.243 e. The first-order valence-corrected chi connectivity index (χ1v) is 11.5. The van der Waals surface area contributed by atoms with Gasteiger partial charge in [0.15, 0.2) is 0 Å². The zero-order valence-corrected chi connectivity index (χ0v) is 17.3. The Balaban J connectivity index is 1.63. The first-order chi connectivity index (χ1) is 13.9. The van der Waals surface area contributed by atoms with Crippen LogP contribution in [0.5, 0.6) is 0 Å². The maximum absolute atomic E-state index is 13.3. The van der Waals surface area contributed by atoms with Crippen molar-refractivity contribution in [1.82, 2.24) is 4.31 Å². The number of carbonyl (C=O) groups is 1. The van der Waals surface area contributed by atoms with Crippen LogP contribution in [0.1, 0.15) is 30.9 Å². The van der Waals surface area contributed by atoms with E-state index in [-0.39, 0.29) is 42.5 Å². The molecule has 2 aromatic carbocycles. The molecule has 0 spiro atoms. The van der Waals surface area contributed by atoms with E-state index < -0.39 is 10.0 Å². The number of fused-ring (bicyclic) bond motifs is 1. The molecule has 1 aliphatic heterocycles. The third-order valence-corrected chi connectivity index (χ3v) is 7.46. The monoisotopic (exact) mass is 414 g/mol. The van der Waals surface area contributed by atoms with Crippen molar-refractivity contribution in [2.24, 2.45) is 5.92 Å². The molecule has 1 fully saturated rings. The predicted octanol–water partition coefficient (Wildman–Crippen LogP) is 2.56. The molecular formula is C22H26N2O4S. The number of sulfonamides is 1. The van der Waals surface area contributed by atoms with Crippen LogP contribution < -0.4 is 4.90 Å². The van der Waals surface area contributed by atoms with Crippen molar-refractivity contribution in [3.05, 3.63) is 59.7 Å². The van der Waals surface area contributed by atoms with Gasteiger partial charge in [0, 0.05) is 30.7 Å². The molecular weight excluding hydrogens is 388 g/mol. The molecule has 154 valence electrons. The Bertz CT molecular complexity index is 1000. The lowest BCUT2D eigenvalue weighted by atomic mass is 10.1. The summed E-state index contributed by atoms with van der Waals surface area (Å²) >= 11 is 0. The standard InChI is InChI=1S/C22H26N2O4S/c1-16-13-19-14-20(9-10-21(19)24(16)22(26)18-7-8-18)29(27,28)23(11-12-25)15-17-5-3-2-4-6-17/h2-6,9-10,14,16,18,25H,7-8,11-13,15H2,1H3/t16-/m1/s1. The highest BCUT2D eigenvalue weighted by molar-refractivity contribution is 7.89. The normalized spacial score (nSPS) is 18.9. The molecule has 29 heavy (non-hydrogen) atoms. The molecule has 0 bridgehead atoms. The van der Waals surface area contributed by atoms with Crippen molar-refractivity contribution >= 4 is 21.6 Å². The summed E-state index contributed by atoms with van der Waals surface area (Å²) in [5, 5.41) is 9.42. The minimum atomic E-state index is -3.77. The number of aliphatic hydroxyl groups excluding tert-OH is 1. The molecule has 0 unspecified atom stereocenters. The molecule has 4 rings (SSSR count). The van der Waals surface area contributed by atoms with Crippen molar-refractivity contribution < 1.29 is 18.3 Å². The van der Waals surface area contributed by atoms with E-state index in [1.165, 1.54) is 4.31 Å². The Labute approximate surface area is 171 Å². The van der Waals surface area contributed by atoms with Gasteiger partial charge in [-0.2, -0.15) is 4.31 Å². The second kappa shape index (κ2) is 7.89. The van der Waals surface area contributed by atoms with Gasteiger partial charge >= 0.3 is 0 Å². The van der Waals surface area contributed by atoms with Crippen LogP contribution >= 0.6 is 0 Å². The summed E-state index contributed by atoms with van der Waals surface area (Å²) in [5.74, 6) is 0.274. The molecule has 0 aromatic heterocycles. The number of aliphatic hydroxyl groups is 1. The highest BCUT2D eigenvalue weighted by atomic mass is 32.2. The summed E-state index contributed by atoms with van der Waals surface area (Å²) in [7, 11) is -3.77. The molecule has 6 nitrogen and oxygen atoms in total. The fourth-order valence-electron chi connectivity index (χ4n) is 3.96. The van der Waals surface area contributed by atoms with Crippen LogP contribution in [-0.2, 0) is 27.8 Å². The lowest BCUT2D eigenvalue weighted by Crippen LogP contribution is -2.36. The van der Waals surface area contributed by atoms with Crippen molar-refractivity contribution in [3.63, 3.8) is 0 Å². The summed E-state index contributed by atoms with van der Waals surface area (Å²) in [4.78, 5) is 14.7. The van der Waals surface area contributed by atoms with E-state index in [0.29, 0.717) is 6.42 Å². The molecule has 0 saturated heterocycles. The van der Waals surface area contributed by atoms with Crippen molar-refractivity contribution in [2.45, 2.75) is 43.7 Å². The Kier molecular flexibility index (Phi) is 5.46. The van der Waals surface area contributed by atoms with Crippen LogP contribution in [0.25, 0.3) is 0 Å². The van der Waals surface area contributed by atoms with E-state index in [4.69, 9.17) is 0 Å². The second-order valence-electron chi connectivity index (χ2n) is 7.87. The number of hydrogen-bond acceptors (Lipinski definition) is 4. The summed E-state index contributed by atoms with van der Waals surface area (Å²) in [6, 6.07) is 14.4. The number of hydrogen-bond donors (Lipinski definition) is 1. The van der Waals surface area contributed by atoms with Crippen LogP contribution in [0.2, 0.25) is 0 Å². The lowest BCUT2D eigenvalue weighted by Gasteiger charge is -2.23. The quantitative estimate of drug-likeness (QED) is 0.755. The van der Waals surface area contributed by atoms with Gasteiger partial charge in [-0.15, -0.1) is 0 Å². The third kappa shape index (κ3) is 3.95. The Morgan fingerprint density at radius 1 is 1.17 bits per heavy atom. The molecule has 1 aliphatic carbocycles. The van der Waals surface area contributed by atoms with E-state index >= 15 is 0 Å². The van der Waals surface area contributed by atoms with Crippen molar-refractivity contribution in [2.75, 3.05) is 18.1 Å². The molecule has 1 amide bonds. The zero-order valence-electron chi connectivity index (χ0n) is 16.5. The molecule has 1 heterocycles. The maximum atomic E-state index is 13.3. The van der Waals surface area contributed by atoms with Crippen LogP contribution in [0.4, 0.5) is 5.69 Å². The highest BCUT2D eigenvalue weighted by Gasteiger charge is 2.40. The number of nitrogens with zero attached hydrogens (tertiary/aromatic N) is 2. The highest BCUT2D eigenvalue weighted by Crippen LogP contribution is 2.39. The average Bonchev–Trinajstić information content (AvgIpc) is 3.50. The van der Waals surface area contributed by atoms with Crippen molar-refractivity contribution in [1.29, 1.82) is 0 Å². The first-order valence-electron chi connectivity index (χ1n) is 10.0. The van der Waals surface area contributed by atoms with Gasteiger partial charge in [-0.25, -0.2) is 8.42 Å². The van der Waals surface area contributed by atoms with Gasteiger partial charge in [0.25, 0.3) is 0 Å². The van der Waals surface area contributed by atoms with E-state index in [0.717, 1.165) is 29.7 Å². The molecule has 1 saturated carbocycles.